The van der Waals surface area contributed by atoms with Gasteiger partial charge in [-0.1, -0.05) is 0 Å². The highest BCUT2D eigenvalue weighted by Crippen LogP contribution is 2.35. The summed E-state index contributed by atoms with van der Waals surface area (Å²) in [5.41, 5.74) is 1.46. The molecule has 1 aliphatic rings. The molecule has 3 heterocycles. The van der Waals surface area contributed by atoms with Crippen LogP contribution in [0.15, 0.2) is 18.3 Å². The Balaban J connectivity index is 2.14. The highest BCUT2D eigenvalue weighted by Gasteiger charge is 2.36. The predicted octanol–water partition coefficient (Wildman–Crippen LogP) is 1.33. The van der Waals surface area contributed by atoms with Gasteiger partial charge in [0.1, 0.15) is 16.6 Å². The molecule has 0 aliphatic carbocycles. The summed E-state index contributed by atoms with van der Waals surface area (Å²) in [5.74, 6) is 0.853. The van der Waals surface area contributed by atoms with Gasteiger partial charge in [-0.25, -0.2) is 18.4 Å². The van der Waals surface area contributed by atoms with Crippen LogP contribution in [0, 0.1) is 0 Å². The maximum absolute atomic E-state index is 12.2. The summed E-state index contributed by atoms with van der Waals surface area (Å²) >= 11 is 0. The first-order chi connectivity index (χ1) is 9.63. The SMILES string of the molecule is COCCn1c(C2CCCS2(=O)=O)nc2cccnc21. The smallest absolute Gasteiger partial charge is 0.160 e. The fourth-order valence-corrected chi connectivity index (χ4v) is 4.59. The minimum absolute atomic E-state index is 0.249. The zero-order chi connectivity index (χ0) is 14.2. The van der Waals surface area contributed by atoms with Gasteiger partial charge in [0.05, 0.1) is 12.4 Å². The van der Waals surface area contributed by atoms with E-state index in [0.717, 1.165) is 11.2 Å². The van der Waals surface area contributed by atoms with Crippen molar-refractivity contribution < 1.29 is 13.2 Å². The Bertz CT molecular complexity index is 724. The second-order valence-electron chi connectivity index (χ2n) is 4.96. The lowest BCUT2D eigenvalue weighted by atomic mass is 10.2. The van der Waals surface area contributed by atoms with Gasteiger partial charge in [-0.2, -0.15) is 0 Å². The molecule has 20 heavy (non-hydrogen) atoms. The van der Waals surface area contributed by atoms with Crippen molar-refractivity contribution in [1.29, 1.82) is 0 Å². The summed E-state index contributed by atoms with van der Waals surface area (Å²) in [5, 5.41) is -0.506. The maximum Gasteiger partial charge on any atom is 0.160 e. The number of methoxy groups -OCH3 is 1. The van der Waals surface area contributed by atoms with Crippen molar-refractivity contribution in [3.05, 3.63) is 24.2 Å². The highest BCUT2D eigenvalue weighted by atomic mass is 32.2. The fourth-order valence-electron chi connectivity index (χ4n) is 2.71. The number of sulfone groups is 1. The Morgan fingerprint density at radius 1 is 1.50 bits per heavy atom. The van der Waals surface area contributed by atoms with Crippen molar-refractivity contribution in [3.63, 3.8) is 0 Å². The van der Waals surface area contributed by atoms with E-state index in [2.05, 4.69) is 9.97 Å². The molecule has 0 N–H and O–H groups in total. The number of hydrogen-bond donors (Lipinski definition) is 0. The zero-order valence-electron chi connectivity index (χ0n) is 11.3. The lowest BCUT2D eigenvalue weighted by Crippen LogP contribution is -2.16. The molecule has 2 aromatic heterocycles. The third-order valence-corrected chi connectivity index (χ3v) is 5.84. The van der Waals surface area contributed by atoms with Crippen molar-refractivity contribution in [2.24, 2.45) is 0 Å². The van der Waals surface area contributed by atoms with Gasteiger partial charge in [0.2, 0.25) is 0 Å². The molecule has 1 unspecified atom stereocenters. The van der Waals surface area contributed by atoms with Crippen LogP contribution in [0.3, 0.4) is 0 Å². The van der Waals surface area contributed by atoms with Crippen molar-refractivity contribution in [2.75, 3.05) is 19.5 Å². The number of rotatable bonds is 4. The molecular formula is C13H17N3O3S. The average molecular weight is 295 g/mol. The van der Waals surface area contributed by atoms with Crippen LogP contribution < -0.4 is 0 Å². The van der Waals surface area contributed by atoms with E-state index >= 15 is 0 Å². The first-order valence-electron chi connectivity index (χ1n) is 6.65. The van der Waals surface area contributed by atoms with Gasteiger partial charge in [-0.3, -0.25) is 0 Å². The number of fused-ring (bicyclic) bond motifs is 1. The summed E-state index contributed by atoms with van der Waals surface area (Å²) < 4.78 is 31.3. The number of hydrogen-bond acceptors (Lipinski definition) is 5. The molecule has 0 aromatic carbocycles. The molecule has 108 valence electrons. The van der Waals surface area contributed by atoms with E-state index in [9.17, 15) is 8.42 Å². The summed E-state index contributed by atoms with van der Waals surface area (Å²) in [6.07, 6.45) is 3.03. The second kappa shape index (κ2) is 5.14. The summed E-state index contributed by atoms with van der Waals surface area (Å²) in [6.45, 7) is 1.06. The first kappa shape index (κ1) is 13.5. The van der Waals surface area contributed by atoms with E-state index < -0.39 is 15.1 Å². The summed E-state index contributed by atoms with van der Waals surface area (Å²) in [4.78, 5) is 8.83. The minimum atomic E-state index is -3.09. The Morgan fingerprint density at radius 2 is 2.35 bits per heavy atom. The number of pyridine rings is 1. The molecule has 0 amide bonds. The van der Waals surface area contributed by atoms with E-state index in [4.69, 9.17) is 4.74 Å². The molecule has 6 nitrogen and oxygen atoms in total. The third-order valence-electron chi connectivity index (χ3n) is 3.67. The molecule has 7 heteroatoms. The van der Waals surface area contributed by atoms with Gasteiger partial charge >= 0.3 is 0 Å². The average Bonchev–Trinajstić information content (AvgIpc) is 2.95. The fraction of sp³-hybridized carbons (Fsp3) is 0.538. The molecule has 0 spiro atoms. The molecule has 3 rings (SSSR count). The van der Waals surface area contributed by atoms with Gasteiger partial charge in [-0.05, 0) is 25.0 Å². The monoisotopic (exact) mass is 295 g/mol. The molecule has 1 atom stereocenters. The Hall–Kier alpha value is -1.47. The zero-order valence-corrected chi connectivity index (χ0v) is 12.1. The normalized spacial score (nSPS) is 21.6. The van der Waals surface area contributed by atoms with Gasteiger partial charge in [0.25, 0.3) is 0 Å². The van der Waals surface area contributed by atoms with Crippen molar-refractivity contribution in [1.82, 2.24) is 14.5 Å². The van der Waals surface area contributed by atoms with E-state index in [1.54, 1.807) is 13.3 Å². The molecular weight excluding hydrogens is 278 g/mol. The molecule has 0 saturated carbocycles. The minimum Gasteiger partial charge on any atom is -0.383 e. The lowest BCUT2D eigenvalue weighted by molar-refractivity contribution is 0.187. The number of aromatic nitrogens is 3. The van der Waals surface area contributed by atoms with E-state index in [1.165, 1.54) is 0 Å². The van der Waals surface area contributed by atoms with Crippen LogP contribution in [0.25, 0.3) is 11.2 Å². The van der Waals surface area contributed by atoms with E-state index in [-0.39, 0.29) is 5.75 Å². The Labute approximate surface area is 117 Å². The molecule has 2 aromatic rings. The lowest BCUT2D eigenvalue weighted by Gasteiger charge is -2.12. The topological polar surface area (TPSA) is 74.1 Å². The first-order valence-corrected chi connectivity index (χ1v) is 8.36. The van der Waals surface area contributed by atoms with Crippen LogP contribution in [-0.4, -0.2) is 42.4 Å². The van der Waals surface area contributed by atoms with Crippen LogP contribution in [0.4, 0.5) is 0 Å². The van der Waals surface area contributed by atoms with Gasteiger partial charge < -0.3 is 9.30 Å². The van der Waals surface area contributed by atoms with Crippen molar-refractivity contribution in [2.45, 2.75) is 24.6 Å². The summed E-state index contributed by atoms with van der Waals surface area (Å²) in [7, 11) is -1.46. The van der Waals surface area contributed by atoms with Crippen LogP contribution in [0.2, 0.25) is 0 Å². The molecule has 1 fully saturated rings. The molecule has 1 aliphatic heterocycles. The van der Waals surface area contributed by atoms with Crippen LogP contribution in [0.5, 0.6) is 0 Å². The van der Waals surface area contributed by atoms with Crippen LogP contribution >= 0.6 is 0 Å². The molecule has 1 saturated heterocycles. The van der Waals surface area contributed by atoms with Crippen LogP contribution in [0.1, 0.15) is 23.9 Å². The molecule has 0 bridgehead atoms. The maximum atomic E-state index is 12.2. The van der Waals surface area contributed by atoms with Crippen molar-refractivity contribution in [3.8, 4) is 0 Å². The predicted molar refractivity (Wildman–Crippen MR) is 75.2 cm³/mol. The van der Waals surface area contributed by atoms with Crippen molar-refractivity contribution >= 4 is 21.0 Å². The number of ether oxygens (including phenoxy) is 1. The highest BCUT2D eigenvalue weighted by molar-refractivity contribution is 7.91. The van der Waals surface area contributed by atoms with E-state index in [1.807, 2.05) is 16.7 Å². The quantitative estimate of drug-likeness (QED) is 0.850. The second-order valence-corrected chi connectivity index (χ2v) is 7.26. The molecule has 0 radical (unpaired) electrons. The summed E-state index contributed by atoms with van der Waals surface area (Å²) in [6, 6.07) is 3.67. The number of nitrogens with zero attached hydrogens (tertiary/aromatic N) is 3. The Morgan fingerprint density at radius 3 is 3.05 bits per heavy atom. The van der Waals surface area contributed by atoms with Gasteiger partial charge in [-0.15, -0.1) is 0 Å². The number of imidazole rings is 1. The third kappa shape index (κ3) is 2.20. The van der Waals surface area contributed by atoms with E-state index in [0.29, 0.717) is 31.8 Å². The van der Waals surface area contributed by atoms with Gasteiger partial charge in [0, 0.05) is 19.9 Å². The largest absolute Gasteiger partial charge is 0.383 e. The van der Waals surface area contributed by atoms with Crippen LogP contribution in [-0.2, 0) is 21.1 Å². The Kier molecular flexibility index (Phi) is 3.47. The standard InChI is InChI=1S/C13H17N3O3S/c1-19-8-7-16-12-10(4-2-6-14-12)15-13(16)11-5-3-9-20(11,17)18/h2,4,6,11H,3,5,7-9H2,1H3. The van der Waals surface area contributed by atoms with Gasteiger partial charge in [0.15, 0.2) is 15.5 Å².